The van der Waals surface area contributed by atoms with Crippen LogP contribution in [-0.2, 0) is 10.4 Å². The zero-order valence-corrected chi connectivity index (χ0v) is 11.9. The van der Waals surface area contributed by atoms with Crippen molar-refractivity contribution in [3.63, 3.8) is 0 Å². The van der Waals surface area contributed by atoms with Crippen LogP contribution in [0.1, 0.15) is 12.0 Å². The topological polar surface area (TPSA) is 63.6 Å². The van der Waals surface area contributed by atoms with Crippen LogP contribution in [-0.4, -0.2) is 37.3 Å². The van der Waals surface area contributed by atoms with Crippen molar-refractivity contribution in [2.45, 2.75) is 24.4 Å². The summed E-state index contributed by atoms with van der Waals surface area (Å²) in [5, 5.41) is 21.7. The molecule has 0 fully saturated rings. The highest BCUT2D eigenvalue weighted by molar-refractivity contribution is 5.85. The largest absolute Gasteiger partial charge is 0.839 e. The maximum Gasteiger partial charge on any atom is 0.449 e. The predicted octanol–water partition coefficient (Wildman–Crippen LogP) is 2.10. The molecule has 4 nitrogen and oxygen atoms in total. The van der Waals surface area contributed by atoms with Crippen LogP contribution < -0.4 is 10.0 Å². The Hall–Kier alpha value is -1.97. The van der Waals surface area contributed by atoms with E-state index >= 15 is 0 Å². The molecule has 1 aromatic carbocycles. The number of phenolic OH excluding ortho intramolecular Hbond substituents is 1. The zero-order valence-electron chi connectivity index (χ0n) is 11.9. The molecular weight excluding hydrogens is 332 g/mol. The highest BCUT2D eigenvalue weighted by atomic mass is 19.4. The summed E-state index contributed by atoms with van der Waals surface area (Å²) in [7, 11) is 2.99. The predicted molar refractivity (Wildman–Crippen MR) is 65.8 cm³/mol. The minimum absolute atomic E-state index is 0.220. The number of benzene rings is 1. The Morgan fingerprint density at radius 1 is 1.17 bits per heavy atom. The van der Waals surface area contributed by atoms with E-state index in [-0.39, 0.29) is 5.69 Å². The van der Waals surface area contributed by atoms with Crippen LogP contribution in [0.3, 0.4) is 0 Å². The van der Waals surface area contributed by atoms with Gasteiger partial charge in [-0.1, -0.05) is 6.07 Å². The molecule has 0 amide bonds. The third kappa shape index (κ3) is 3.87. The molecule has 0 saturated heterocycles. The van der Waals surface area contributed by atoms with Crippen molar-refractivity contribution in [3.8, 4) is 5.75 Å². The van der Waals surface area contributed by atoms with Crippen molar-refractivity contribution in [2.75, 3.05) is 19.0 Å². The number of nitrogens with zero attached hydrogens (tertiary/aromatic N) is 1. The fourth-order valence-electron chi connectivity index (χ4n) is 1.81. The minimum Gasteiger partial charge on any atom is -0.839 e. The molecule has 0 spiro atoms. The van der Waals surface area contributed by atoms with Crippen molar-refractivity contribution in [2.24, 2.45) is 0 Å². The molecule has 0 aliphatic rings. The number of aromatic hydroxyl groups is 1. The van der Waals surface area contributed by atoms with Gasteiger partial charge in [0.2, 0.25) is 5.78 Å². The van der Waals surface area contributed by atoms with Crippen molar-refractivity contribution in [1.82, 2.24) is 0 Å². The number of carbonyl (C=O) groups excluding carboxylic acids is 1. The Kier molecular flexibility index (Phi) is 4.90. The van der Waals surface area contributed by atoms with E-state index in [9.17, 15) is 41.4 Å². The smallest absolute Gasteiger partial charge is 0.449 e. The number of hydrogen-bond donors (Lipinski definition) is 1. The van der Waals surface area contributed by atoms with Gasteiger partial charge in [0.15, 0.2) is 0 Å². The standard InChI is InChI=1S/C13H12F6NO3/c1-20(2)7-3-4-8(9(21)5-7)11(23,13(17,18)19)6-10(22)12(14,15)16/h3-5,21H,6H2,1-2H3/q-1. The maximum atomic E-state index is 13.0. The number of phenols is 1. The van der Waals surface area contributed by atoms with Gasteiger partial charge in [-0.3, -0.25) is 4.79 Å². The van der Waals surface area contributed by atoms with E-state index in [0.717, 1.165) is 12.1 Å². The van der Waals surface area contributed by atoms with Gasteiger partial charge in [-0.05, 0) is 11.6 Å². The molecular formula is C13H12F6NO3-. The van der Waals surface area contributed by atoms with Gasteiger partial charge in [0, 0.05) is 37.9 Å². The first kappa shape index (κ1) is 19.1. The average molecular weight is 344 g/mol. The summed E-state index contributed by atoms with van der Waals surface area (Å²) in [5.74, 6) is -3.96. The molecule has 0 aliphatic carbocycles. The SMILES string of the molecule is CN(C)c1ccc(C([O-])(CC(=O)C(F)(F)F)C(F)(F)F)c(O)c1. The summed E-state index contributed by atoms with van der Waals surface area (Å²) >= 11 is 0. The lowest BCUT2D eigenvalue weighted by Crippen LogP contribution is -2.55. The van der Waals surface area contributed by atoms with E-state index in [2.05, 4.69) is 0 Å². The van der Waals surface area contributed by atoms with Gasteiger partial charge in [0.25, 0.3) is 0 Å². The summed E-state index contributed by atoms with van der Waals surface area (Å²) in [6.07, 6.45) is -13.7. The number of ketones is 1. The Balaban J connectivity index is 3.41. The summed E-state index contributed by atoms with van der Waals surface area (Å²) in [4.78, 5) is 12.3. The third-order valence-electron chi connectivity index (χ3n) is 3.12. The lowest BCUT2D eigenvalue weighted by atomic mass is 9.86. The van der Waals surface area contributed by atoms with Crippen LogP contribution in [0.25, 0.3) is 0 Å². The lowest BCUT2D eigenvalue weighted by molar-refractivity contribution is -0.549. The number of Topliss-reactive ketones (excluding diaryl/α,β-unsaturated/α-hetero) is 1. The van der Waals surface area contributed by atoms with E-state index in [1.807, 2.05) is 0 Å². The zero-order chi connectivity index (χ0) is 18.2. The maximum absolute atomic E-state index is 13.0. The van der Waals surface area contributed by atoms with Gasteiger partial charge in [0.1, 0.15) is 5.75 Å². The molecule has 1 aromatic rings. The molecule has 10 heteroatoms. The highest BCUT2D eigenvalue weighted by Crippen LogP contribution is 2.44. The van der Waals surface area contributed by atoms with Crippen molar-refractivity contribution in [1.29, 1.82) is 0 Å². The van der Waals surface area contributed by atoms with Crippen LogP contribution in [0.15, 0.2) is 18.2 Å². The van der Waals surface area contributed by atoms with Crippen molar-refractivity contribution in [3.05, 3.63) is 23.8 Å². The number of hydrogen-bond acceptors (Lipinski definition) is 4. The monoisotopic (exact) mass is 344 g/mol. The first-order valence-electron chi connectivity index (χ1n) is 6.08. The van der Waals surface area contributed by atoms with Crippen LogP contribution in [0.2, 0.25) is 0 Å². The number of halogens is 6. The first-order valence-corrected chi connectivity index (χ1v) is 6.08. The van der Waals surface area contributed by atoms with Crippen LogP contribution >= 0.6 is 0 Å². The van der Waals surface area contributed by atoms with Crippen molar-refractivity contribution < 1.29 is 41.4 Å². The van der Waals surface area contributed by atoms with Crippen LogP contribution in [0, 0.1) is 0 Å². The van der Waals surface area contributed by atoms with E-state index < -0.39 is 41.5 Å². The molecule has 0 bridgehead atoms. The van der Waals surface area contributed by atoms with Crippen LogP contribution in [0.5, 0.6) is 5.75 Å². The van der Waals surface area contributed by atoms with Gasteiger partial charge in [-0.25, -0.2) is 0 Å². The third-order valence-corrected chi connectivity index (χ3v) is 3.12. The number of anilines is 1. The summed E-state index contributed by atoms with van der Waals surface area (Å²) in [6.45, 7) is 0. The number of alkyl halides is 6. The molecule has 130 valence electrons. The van der Waals surface area contributed by atoms with E-state index in [4.69, 9.17) is 0 Å². The molecule has 0 radical (unpaired) electrons. The fourth-order valence-corrected chi connectivity index (χ4v) is 1.81. The summed E-state index contributed by atoms with van der Waals surface area (Å²) in [6, 6.07) is 2.38. The molecule has 0 aromatic heterocycles. The van der Waals surface area contributed by atoms with Gasteiger partial charge >= 0.3 is 12.4 Å². The second-order valence-corrected chi connectivity index (χ2v) is 5.02. The van der Waals surface area contributed by atoms with Gasteiger partial charge in [-0.15, -0.1) is 0 Å². The molecule has 1 atom stereocenters. The van der Waals surface area contributed by atoms with Crippen molar-refractivity contribution >= 4 is 11.5 Å². The van der Waals surface area contributed by atoms with E-state index in [1.165, 1.54) is 19.0 Å². The molecule has 0 aliphatic heterocycles. The van der Waals surface area contributed by atoms with Gasteiger partial charge < -0.3 is 15.1 Å². The Morgan fingerprint density at radius 3 is 2.04 bits per heavy atom. The first-order chi connectivity index (χ1) is 10.2. The number of carbonyl (C=O) groups is 1. The Labute approximate surface area is 126 Å². The Morgan fingerprint density at radius 2 is 1.70 bits per heavy atom. The number of rotatable bonds is 4. The second kappa shape index (κ2) is 5.91. The minimum atomic E-state index is -5.72. The fraction of sp³-hybridized carbons (Fsp3) is 0.462. The normalized spacial score (nSPS) is 15.2. The highest BCUT2D eigenvalue weighted by Gasteiger charge is 2.52. The quantitative estimate of drug-likeness (QED) is 0.850. The average Bonchev–Trinajstić information content (AvgIpc) is 2.35. The lowest BCUT2D eigenvalue weighted by Gasteiger charge is -2.42. The summed E-state index contributed by atoms with van der Waals surface area (Å²) < 4.78 is 75.8. The molecule has 0 heterocycles. The van der Waals surface area contributed by atoms with E-state index in [1.54, 1.807) is 0 Å². The molecule has 23 heavy (non-hydrogen) atoms. The van der Waals surface area contributed by atoms with Gasteiger partial charge in [-0.2, -0.15) is 26.3 Å². The van der Waals surface area contributed by atoms with Crippen LogP contribution in [0.4, 0.5) is 32.0 Å². The molecule has 0 saturated carbocycles. The molecule has 1 rings (SSSR count). The van der Waals surface area contributed by atoms with E-state index in [0.29, 0.717) is 6.07 Å². The van der Waals surface area contributed by atoms with Gasteiger partial charge in [0.05, 0.1) is 0 Å². The Bertz CT molecular complexity index is 596. The summed E-state index contributed by atoms with van der Waals surface area (Å²) in [5.41, 5.74) is -5.53. The second-order valence-electron chi connectivity index (χ2n) is 5.02. The molecule has 1 N–H and O–H groups in total. The molecule has 1 unspecified atom stereocenters.